The number of nitrogens with two attached hydrogens (primary N) is 1. The molecule has 23 heavy (non-hydrogen) atoms. The van der Waals surface area contributed by atoms with Crippen LogP contribution in [0.3, 0.4) is 0 Å². The van der Waals surface area contributed by atoms with Gasteiger partial charge in [0.05, 0.1) is 0 Å². The van der Waals surface area contributed by atoms with E-state index in [-0.39, 0.29) is 0 Å². The van der Waals surface area contributed by atoms with Gasteiger partial charge in [-0.2, -0.15) is 0 Å². The number of halogens is 1. The first kappa shape index (κ1) is 16.9. The minimum absolute atomic E-state index is 0.518. The average Bonchev–Trinajstić information content (AvgIpc) is 2.96. The highest BCUT2D eigenvalue weighted by Crippen LogP contribution is 2.27. The van der Waals surface area contributed by atoms with Crippen molar-refractivity contribution in [1.29, 1.82) is 0 Å². The normalized spacial score (nSPS) is 18.2. The van der Waals surface area contributed by atoms with E-state index in [1.807, 2.05) is 6.20 Å². The zero-order valence-corrected chi connectivity index (χ0v) is 15.8. The van der Waals surface area contributed by atoms with E-state index in [0.29, 0.717) is 11.2 Å². The third-order valence-electron chi connectivity index (χ3n) is 4.44. The summed E-state index contributed by atoms with van der Waals surface area (Å²) < 4.78 is 1.14. The fourth-order valence-corrected chi connectivity index (χ4v) is 4.23. The molecule has 2 N–H and O–H groups in total. The molecule has 0 bridgehead atoms. The van der Waals surface area contributed by atoms with E-state index in [1.165, 1.54) is 10.4 Å². The fourth-order valence-electron chi connectivity index (χ4n) is 3.24. The Kier molecular flexibility index (Phi) is 5.69. The first-order chi connectivity index (χ1) is 11.2. The van der Waals surface area contributed by atoms with Gasteiger partial charge in [-0.1, -0.05) is 35.0 Å². The van der Waals surface area contributed by atoms with E-state index < -0.39 is 0 Å². The minimum Gasteiger partial charge on any atom is -0.375 e. The lowest BCUT2D eigenvalue weighted by molar-refractivity contribution is 0.0902. The van der Waals surface area contributed by atoms with Gasteiger partial charge in [-0.05, 0) is 24.1 Å². The number of nitrogens with zero attached hydrogens (tertiary/aromatic N) is 3. The van der Waals surface area contributed by atoms with Gasteiger partial charge < -0.3 is 5.73 Å². The van der Waals surface area contributed by atoms with Gasteiger partial charge in [-0.15, -0.1) is 11.3 Å². The van der Waals surface area contributed by atoms with Gasteiger partial charge in [0.1, 0.15) is 0 Å². The van der Waals surface area contributed by atoms with Gasteiger partial charge in [0.25, 0.3) is 0 Å². The van der Waals surface area contributed by atoms with Crippen LogP contribution in [0.4, 0.5) is 5.13 Å². The number of nitrogen functional groups attached to an aromatic ring is 1. The maximum Gasteiger partial charge on any atom is 0.180 e. The van der Waals surface area contributed by atoms with E-state index in [9.17, 15) is 0 Å². The number of hydrogen-bond donors (Lipinski definition) is 1. The number of anilines is 1. The van der Waals surface area contributed by atoms with Crippen molar-refractivity contribution < 1.29 is 0 Å². The van der Waals surface area contributed by atoms with Crippen molar-refractivity contribution in [2.24, 2.45) is 0 Å². The topological polar surface area (TPSA) is 45.4 Å². The number of piperazine rings is 1. The lowest BCUT2D eigenvalue weighted by atomic mass is 10.0. The molecular weight excluding hydrogens is 372 g/mol. The Balaban J connectivity index is 1.57. The van der Waals surface area contributed by atoms with Crippen molar-refractivity contribution in [2.75, 3.05) is 31.9 Å². The van der Waals surface area contributed by atoms with E-state index in [1.54, 1.807) is 11.3 Å². The molecular formula is C17H23BrN4S. The minimum atomic E-state index is 0.518. The van der Waals surface area contributed by atoms with Crippen molar-refractivity contribution in [1.82, 2.24) is 14.8 Å². The Labute approximate surface area is 150 Å². The van der Waals surface area contributed by atoms with Gasteiger partial charge in [0, 0.05) is 54.3 Å². The Hall–Kier alpha value is -0.950. The summed E-state index contributed by atoms with van der Waals surface area (Å²) in [5.41, 5.74) is 7.13. The summed E-state index contributed by atoms with van der Waals surface area (Å²) in [5, 5.41) is 0.667. The number of aromatic nitrogens is 1. The smallest absolute Gasteiger partial charge is 0.180 e. The fraction of sp³-hybridized carbons (Fsp3) is 0.471. The molecule has 1 aliphatic rings. The van der Waals surface area contributed by atoms with Crippen LogP contribution in [0.25, 0.3) is 0 Å². The number of rotatable bonds is 5. The van der Waals surface area contributed by atoms with Gasteiger partial charge in [0.2, 0.25) is 0 Å². The van der Waals surface area contributed by atoms with Crippen LogP contribution in [-0.4, -0.2) is 41.0 Å². The Morgan fingerprint density at radius 1 is 1.22 bits per heavy atom. The molecule has 0 aliphatic carbocycles. The molecule has 3 rings (SSSR count). The van der Waals surface area contributed by atoms with Crippen LogP contribution >= 0.6 is 27.3 Å². The molecule has 1 aliphatic heterocycles. The van der Waals surface area contributed by atoms with Gasteiger partial charge in [-0.25, -0.2) is 4.98 Å². The Morgan fingerprint density at radius 3 is 2.48 bits per heavy atom. The molecule has 2 aromatic rings. The van der Waals surface area contributed by atoms with Crippen molar-refractivity contribution in [3.05, 3.63) is 45.4 Å². The number of hydrogen-bond acceptors (Lipinski definition) is 5. The molecule has 1 atom stereocenters. The molecule has 1 aromatic heterocycles. The maximum atomic E-state index is 5.72. The molecule has 2 heterocycles. The summed E-state index contributed by atoms with van der Waals surface area (Å²) in [6.07, 6.45) is 3.05. The third kappa shape index (κ3) is 4.32. The zero-order valence-electron chi connectivity index (χ0n) is 13.4. The van der Waals surface area contributed by atoms with E-state index >= 15 is 0 Å². The summed E-state index contributed by atoms with van der Waals surface area (Å²) in [6.45, 7) is 7.68. The van der Waals surface area contributed by atoms with Gasteiger partial charge >= 0.3 is 0 Å². The van der Waals surface area contributed by atoms with Gasteiger partial charge in [0.15, 0.2) is 5.13 Å². The van der Waals surface area contributed by atoms with E-state index in [0.717, 1.165) is 43.6 Å². The monoisotopic (exact) mass is 394 g/mol. The second-order valence-corrected chi connectivity index (χ2v) is 8.01. The lowest BCUT2D eigenvalue weighted by Gasteiger charge is -2.39. The lowest BCUT2D eigenvalue weighted by Crippen LogP contribution is -2.47. The van der Waals surface area contributed by atoms with Crippen LogP contribution < -0.4 is 5.73 Å². The SMILES string of the molecule is CCC(c1ccc(Br)cc1)N1CCN(Cc2cnc(N)s2)CC1. The van der Waals surface area contributed by atoms with Gasteiger partial charge in [-0.3, -0.25) is 9.80 Å². The van der Waals surface area contributed by atoms with Crippen molar-refractivity contribution in [3.63, 3.8) is 0 Å². The van der Waals surface area contributed by atoms with Crippen molar-refractivity contribution >= 4 is 32.4 Å². The summed E-state index contributed by atoms with van der Waals surface area (Å²) >= 11 is 5.12. The second-order valence-electron chi connectivity index (χ2n) is 5.95. The highest BCUT2D eigenvalue weighted by molar-refractivity contribution is 9.10. The van der Waals surface area contributed by atoms with E-state index in [2.05, 4.69) is 61.9 Å². The molecule has 6 heteroatoms. The first-order valence-corrected chi connectivity index (χ1v) is 9.68. The molecule has 1 aromatic carbocycles. The highest BCUT2D eigenvalue weighted by Gasteiger charge is 2.24. The summed E-state index contributed by atoms with van der Waals surface area (Å²) in [5.74, 6) is 0. The second kappa shape index (κ2) is 7.75. The molecule has 0 radical (unpaired) electrons. The van der Waals surface area contributed by atoms with E-state index in [4.69, 9.17) is 5.73 Å². The summed E-state index contributed by atoms with van der Waals surface area (Å²) in [6, 6.07) is 9.28. The standard InChI is InChI=1S/C17H23BrN4S/c1-2-16(13-3-5-14(18)6-4-13)22-9-7-21(8-10-22)12-15-11-20-17(19)23-15/h3-6,11,16H,2,7-10,12H2,1H3,(H2,19,20). The summed E-state index contributed by atoms with van der Waals surface area (Å²) in [7, 11) is 0. The van der Waals surface area contributed by atoms with Crippen molar-refractivity contribution in [2.45, 2.75) is 25.9 Å². The molecule has 1 fully saturated rings. The Bertz CT molecular complexity index is 620. The predicted octanol–water partition coefficient (Wildman–Crippen LogP) is 3.76. The average molecular weight is 395 g/mol. The van der Waals surface area contributed by atoms with Crippen LogP contribution in [0.15, 0.2) is 34.9 Å². The van der Waals surface area contributed by atoms with Crippen LogP contribution in [0, 0.1) is 0 Å². The molecule has 0 spiro atoms. The highest BCUT2D eigenvalue weighted by atomic mass is 79.9. The molecule has 124 valence electrons. The van der Waals surface area contributed by atoms with Crippen LogP contribution in [-0.2, 0) is 6.54 Å². The summed E-state index contributed by atoms with van der Waals surface area (Å²) in [4.78, 5) is 10.5. The quantitative estimate of drug-likeness (QED) is 0.838. The van der Waals surface area contributed by atoms with Crippen LogP contribution in [0.1, 0.15) is 29.8 Å². The third-order valence-corrected chi connectivity index (χ3v) is 5.78. The molecule has 0 amide bonds. The first-order valence-electron chi connectivity index (χ1n) is 8.07. The predicted molar refractivity (Wildman–Crippen MR) is 101 cm³/mol. The largest absolute Gasteiger partial charge is 0.375 e. The van der Waals surface area contributed by atoms with Crippen LogP contribution in [0.2, 0.25) is 0 Å². The maximum absolute atomic E-state index is 5.72. The van der Waals surface area contributed by atoms with Crippen molar-refractivity contribution in [3.8, 4) is 0 Å². The Morgan fingerprint density at radius 2 is 1.91 bits per heavy atom. The molecule has 1 saturated heterocycles. The molecule has 1 unspecified atom stereocenters. The molecule has 0 saturated carbocycles. The number of thiazole rings is 1. The van der Waals surface area contributed by atoms with Crippen LogP contribution in [0.5, 0.6) is 0 Å². The number of benzene rings is 1. The molecule has 4 nitrogen and oxygen atoms in total. The zero-order chi connectivity index (χ0) is 16.2.